The molecule has 4 amide bonds. The number of rotatable bonds is 5. The second-order valence-corrected chi connectivity index (χ2v) is 11.6. The first-order valence-electron chi connectivity index (χ1n) is 14.6. The summed E-state index contributed by atoms with van der Waals surface area (Å²) in [7, 11) is 0. The van der Waals surface area contributed by atoms with Gasteiger partial charge in [0, 0.05) is 32.6 Å². The van der Waals surface area contributed by atoms with Crippen LogP contribution in [0.25, 0.3) is 0 Å². The van der Waals surface area contributed by atoms with Crippen LogP contribution in [0.3, 0.4) is 0 Å². The van der Waals surface area contributed by atoms with Gasteiger partial charge in [-0.2, -0.15) is 0 Å². The van der Waals surface area contributed by atoms with Crippen LogP contribution < -0.4 is 15.0 Å². The minimum atomic E-state index is -4.87. The second-order valence-electron chi connectivity index (χ2n) is 11.6. The van der Waals surface area contributed by atoms with Gasteiger partial charge in [0.1, 0.15) is 17.6 Å². The number of anilines is 1. The van der Waals surface area contributed by atoms with Crippen LogP contribution >= 0.6 is 0 Å². The highest BCUT2D eigenvalue weighted by Gasteiger charge is 2.40. The van der Waals surface area contributed by atoms with E-state index in [1.54, 1.807) is 11.0 Å². The fourth-order valence-corrected chi connectivity index (χ4v) is 6.80. The van der Waals surface area contributed by atoms with E-state index < -0.39 is 30.0 Å². The number of imide groups is 1. The average molecular weight is 600 g/mol. The minimum Gasteiger partial charge on any atom is -0.405 e. The Morgan fingerprint density at radius 2 is 1.58 bits per heavy atom. The van der Waals surface area contributed by atoms with Crippen molar-refractivity contribution in [3.05, 3.63) is 53.2 Å². The molecule has 3 saturated heterocycles. The van der Waals surface area contributed by atoms with E-state index >= 15 is 0 Å². The zero-order chi connectivity index (χ0) is 30.3. The molecule has 0 spiro atoms. The van der Waals surface area contributed by atoms with Crippen molar-refractivity contribution in [3.63, 3.8) is 0 Å². The fourth-order valence-electron chi connectivity index (χ4n) is 6.80. The van der Waals surface area contributed by atoms with Crippen LogP contribution in [0, 0.1) is 11.8 Å². The van der Waals surface area contributed by atoms with E-state index in [0.717, 1.165) is 50.7 Å². The summed E-state index contributed by atoms with van der Waals surface area (Å²) in [6, 6.07) is 8.38. The molecule has 3 fully saturated rings. The fraction of sp³-hybridized carbons (Fsp3) is 0.500. The topological polar surface area (TPSA) is 112 Å². The number of pyridine rings is 1. The van der Waals surface area contributed by atoms with Crippen LogP contribution in [0.1, 0.15) is 64.9 Å². The number of para-hydroxylation sites is 1. The number of amides is 4. The SMILES string of the molecule is O=C1CCC(N2Cc3nc(N4CCC(C5CCN(C(=O)c6ccccc6OC(F)(F)F)CC5)CC4)ccc3C2=O)C(=O)N1. The Bertz CT molecular complexity index is 1430. The number of hydrogen-bond donors (Lipinski definition) is 1. The number of benzene rings is 1. The number of aromatic nitrogens is 1. The third-order valence-corrected chi connectivity index (χ3v) is 9.06. The Morgan fingerprint density at radius 3 is 2.26 bits per heavy atom. The van der Waals surface area contributed by atoms with Crippen LogP contribution in [0.15, 0.2) is 36.4 Å². The maximum absolute atomic E-state index is 13.0. The van der Waals surface area contributed by atoms with Gasteiger partial charge in [0.2, 0.25) is 11.8 Å². The maximum Gasteiger partial charge on any atom is 0.573 e. The van der Waals surface area contributed by atoms with E-state index in [0.29, 0.717) is 42.6 Å². The number of carbonyl (C=O) groups excluding carboxylic acids is 4. The summed E-state index contributed by atoms with van der Waals surface area (Å²) in [5.41, 5.74) is 1.03. The minimum absolute atomic E-state index is 0.0876. The number of ether oxygens (including phenoxy) is 1. The molecular formula is C30H32F3N5O5. The van der Waals surface area contributed by atoms with Gasteiger partial charge < -0.3 is 19.4 Å². The van der Waals surface area contributed by atoms with Gasteiger partial charge in [-0.05, 0) is 68.2 Å². The summed E-state index contributed by atoms with van der Waals surface area (Å²) in [6.07, 6.45) is -0.910. The molecule has 0 saturated carbocycles. The molecule has 0 radical (unpaired) electrons. The van der Waals surface area contributed by atoms with Crippen LogP contribution in [0.4, 0.5) is 19.0 Å². The van der Waals surface area contributed by atoms with Gasteiger partial charge in [0.25, 0.3) is 11.8 Å². The zero-order valence-electron chi connectivity index (χ0n) is 23.4. The lowest BCUT2D eigenvalue weighted by atomic mass is 9.78. The van der Waals surface area contributed by atoms with Crippen LogP contribution in [-0.4, -0.2) is 77.0 Å². The molecule has 228 valence electrons. The lowest BCUT2D eigenvalue weighted by Crippen LogP contribution is -2.52. The molecule has 43 heavy (non-hydrogen) atoms. The van der Waals surface area contributed by atoms with Gasteiger partial charge in [-0.25, -0.2) is 4.98 Å². The normalized spacial score (nSPS) is 22.1. The number of nitrogens with one attached hydrogen (secondary N) is 1. The first-order valence-corrected chi connectivity index (χ1v) is 14.6. The molecule has 4 aliphatic rings. The molecule has 1 aromatic carbocycles. The molecular weight excluding hydrogens is 567 g/mol. The molecule has 2 aromatic rings. The number of likely N-dealkylation sites (tertiary alicyclic amines) is 1. The molecule has 1 N–H and O–H groups in total. The highest BCUT2D eigenvalue weighted by molar-refractivity contribution is 6.05. The lowest BCUT2D eigenvalue weighted by Gasteiger charge is -2.40. The van der Waals surface area contributed by atoms with E-state index in [-0.39, 0.29) is 30.3 Å². The van der Waals surface area contributed by atoms with Crippen LogP contribution in [-0.2, 0) is 16.1 Å². The monoisotopic (exact) mass is 599 g/mol. The molecule has 6 rings (SSSR count). The molecule has 1 aromatic heterocycles. The quantitative estimate of drug-likeness (QED) is 0.524. The number of piperidine rings is 3. The van der Waals surface area contributed by atoms with Gasteiger partial charge in [-0.15, -0.1) is 13.2 Å². The predicted molar refractivity (Wildman–Crippen MR) is 147 cm³/mol. The molecule has 13 heteroatoms. The van der Waals surface area contributed by atoms with Crippen molar-refractivity contribution in [2.45, 2.75) is 57.5 Å². The number of alkyl halides is 3. The van der Waals surface area contributed by atoms with Gasteiger partial charge in [-0.3, -0.25) is 24.5 Å². The standard InChI is InChI=1S/C30H32F3N5O5/c31-30(32,33)43-24-4-2-1-3-21(24)28(41)37-15-11-19(12-16-37)18-9-13-36(14-10-18)25-7-5-20-22(34-25)17-38(29(20)42)23-6-8-26(39)35-27(23)40/h1-5,7,18-19,23H,6,8-17H2,(H,35,39,40). The number of halogens is 3. The van der Waals surface area contributed by atoms with Gasteiger partial charge in [-0.1, -0.05) is 12.1 Å². The van der Waals surface area contributed by atoms with Gasteiger partial charge in [0.15, 0.2) is 0 Å². The van der Waals surface area contributed by atoms with Crippen LogP contribution in [0.5, 0.6) is 5.75 Å². The Hall–Kier alpha value is -4.16. The van der Waals surface area contributed by atoms with Gasteiger partial charge in [0.05, 0.1) is 23.4 Å². The summed E-state index contributed by atoms with van der Waals surface area (Å²) in [5, 5.41) is 2.31. The van der Waals surface area contributed by atoms with Crippen molar-refractivity contribution < 1.29 is 37.1 Å². The van der Waals surface area contributed by atoms with E-state index in [1.165, 1.54) is 23.1 Å². The Kier molecular flexibility index (Phi) is 7.74. The summed E-state index contributed by atoms with van der Waals surface area (Å²) in [4.78, 5) is 59.9. The molecule has 1 atom stereocenters. The number of hydrogen-bond acceptors (Lipinski definition) is 7. The number of carbonyl (C=O) groups is 4. The van der Waals surface area contributed by atoms with Crippen molar-refractivity contribution >= 4 is 29.4 Å². The third kappa shape index (κ3) is 6.02. The smallest absolute Gasteiger partial charge is 0.405 e. The average Bonchev–Trinajstić information content (AvgIpc) is 3.31. The maximum atomic E-state index is 13.0. The van der Waals surface area contributed by atoms with E-state index in [1.807, 2.05) is 6.07 Å². The Balaban J connectivity index is 1.02. The first-order chi connectivity index (χ1) is 20.6. The third-order valence-electron chi connectivity index (χ3n) is 9.06. The summed E-state index contributed by atoms with van der Waals surface area (Å²) < 4.78 is 42.5. The van der Waals surface area contributed by atoms with Gasteiger partial charge >= 0.3 is 6.36 Å². The zero-order valence-corrected chi connectivity index (χ0v) is 23.4. The summed E-state index contributed by atoms with van der Waals surface area (Å²) in [6.45, 7) is 2.78. The van der Waals surface area contributed by atoms with Crippen molar-refractivity contribution in [1.82, 2.24) is 20.1 Å². The molecule has 0 aliphatic carbocycles. The van der Waals surface area contributed by atoms with Crippen molar-refractivity contribution in [2.24, 2.45) is 11.8 Å². The predicted octanol–water partition coefficient (Wildman–Crippen LogP) is 3.51. The molecule has 4 aliphatic heterocycles. The van der Waals surface area contributed by atoms with Crippen LogP contribution in [0.2, 0.25) is 0 Å². The van der Waals surface area contributed by atoms with Crippen molar-refractivity contribution in [2.75, 3.05) is 31.1 Å². The second kappa shape index (κ2) is 11.5. The molecule has 0 bridgehead atoms. The Labute approximate surface area is 246 Å². The molecule has 5 heterocycles. The highest BCUT2D eigenvalue weighted by Crippen LogP contribution is 2.36. The van der Waals surface area contributed by atoms with E-state index in [2.05, 4.69) is 15.0 Å². The molecule has 1 unspecified atom stereocenters. The summed E-state index contributed by atoms with van der Waals surface area (Å²) in [5.74, 6) is -0.287. The largest absolute Gasteiger partial charge is 0.573 e. The summed E-state index contributed by atoms with van der Waals surface area (Å²) >= 11 is 0. The number of fused-ring (bicyclic) bond motifs is 1. The lowest BCUT2D eigenvalue weighted by molar-refractivity contribution is -0.274. The number of nitrogens with zero attached hydrogens (tertiary/aromatic N) is 4. The van der Waals surface area contributed by atoms with Crippen molar-refractivity contribution in [1.29, 1.82) is 0 Å². The van der Waals surface area contributed by atoms with E-state index in [4.69, 9.17) is 4.98 Å². The van der Waals surface area contributed by atoms with E-state index in [9.17, 15) is 32.3 Å². The first kappa shape index (κ1) is 28.9. The van der Waals surface area contributed by atoms with Crippen molar-refractivity contribution in [3.8, 4) is 5.75 Å². The Morgan fingerprint density at radius 1 is 0.907 bits per heavy atom. The molecule has 10 nitrogen and oxygen atoms in total. The highest BCUT2D eigenvalue weighted by atomic mass is 19.4.